The van der Waals surface area contributed by atoms with Crippen LogP contribution in [0, 0.1) is 23.0 Å². The number of nitrogens with one attached hydrogen (secondary N) is 1. The number of hydrogen-bond acceptors (Lipinski definition) is 4. The molecule has 2 rings (SSSR count). The first-order valence-electron chi connectivity index (χ1n) is 5.73. The molecular weight excluding hydrogens is 220 g/mol. The van der Waals surface area contributed by atoms with Crippen LogP contribution in [0.25, 0.3) is 0 Å². The average molecular weight is 236 g/mol. The summed E-state index contributed by atoms with van der Waals surface area (Å²) in [4.78, 5) is 10.3. The molecule has 0 amide bonds. The monoisotopic (exact) mass is 236 g/mol. The van der Waals surface area contributed by atoms with Crippen LogP contribution in [0.1, 0.15) is 12.0 Å². The molecule has 1 unspecified atom stereocenters. The van der Waals surface area contributed by atoms with Crippen LogP contribution < -0.4 is 5.32 Å². The summed E-state index contributed by atoms with van der Waals surface area (Å²) >= 11 is 0. The third kappa shape index (κ3) is 2.94. The van der Waals surface area contributed by atoms with Crippen LogP contribution in [0.2, 0.25) is 0 Å². The summed E-state index contributed by atoms with van der Waals surface area (Å²) in [7, 11) is 0. The number of nitro benzene ring substituents is 1. The SMILES string of the molecule is Cc1cc(NCC2CCOC2)ccc1[N+](=O)[O-]. The summed E-state index contributed by atoms with van der Waals surface area (Å²) in [6.45, 7) is 4.25. The van der Waals surface area contributed by atoms with Crippen molar-refractivity contribution in [2.24, 2.45) is 5.92 Å². The van der Waals surface area contributed by atoms with Crippen molar-refractivity contribution in [3.63, 3.8) is 0 Å². The first-order chi connectivity index (χ1) is 8.16. The van der Waals surface area contributed by atoms with Crippen molar-refractivity contribution in [2.45, 2.75) is 13.3 Å². The molecule has 1 aromatic carbocycles. The Bertz CT molecular complexity index is 414. The lowest BCUT2D eigenvalue weighted by atomic mass is 10.1. The van der Waals surface area contributed by atoms with E-state index in [9.17, 15) is 10.1 Å². The lowest BCUT2D eigenvalue weighted by Crippen LogP contribution is -2.14. The van der Waals surface area contributed by atoms with E-state index in [0.717, 1.165) is 31.9 Å². The quantitative estimate of drug-likeness (QED) is 0.643. The van der Waals surface area contributed by atoms with Crippen molar-refractivity contribution >= 4 is 11.4 Å². The van der Waals surface area contributed by atoms with Gasteiger partial charge in [0.2, 0.25) is 0 Å². The molecule has 1 heterocycles. The van der Waals surface area contributed by atoms with Crippen LogP contribution >= 0.6 is 0 Å². The van der Waals surface area contributed by atoms with Crippen LogP contribution in [0.5, 0.6) is 0 Å². The van der Waals surface area contributed by atoms with Gasteiger partial charge in [-0.1, -0.05) is 0 Å². The molecule has 5 nitrogen and oxygen atoms in total. The fourth-order valence-corrected chi connectivity index (χ4v) is 1.98. The maximum absolute atomic E-state index is 10.7. The van der Waals surface area contributed by atoms with Gasteiger partial charge in [0.15, 0.2) is 0 Å². The minimum atomic E-state index is -0.357. The first kappa shape index (κ1) is 11.9. The molecule has 0 aromatic heterocycles. The Morgan fingerprint density at radius 3 is 3.00 bits per heavy atom. The van der Waals surface area contributed by atoms with Gasteiger partial charge < -0.3 is 10.1 Å². The molecule has 1 aromatic rings. The van der Waals surface area contributed by atoms with Gasteiger partial charge >= 0.3 is 0 Å². The van der Waals surface area contributed by atoms with Crippen molar-refractivity contribution in [2.75, 3.05) is 25.1 Å². The second-order valence-electron chi connectivity index (χ2n) is 4.37. The Balaban J connectivity index is 1.97. The summed E-state index contributed by atoms with van der Waals surface area (Å²) in [5, 5.41) is 14.0. The van der Waals surface area contributed by atoms with Crippen LogP contribution in [0.15, 0.2) is 18.2 Å². The van der Waals surface area contributed by atoms with Gasteiger partial charge in [0.1, 0.15) is 0 Å². The number of rotatable bonds is 4. The van der Waals surface area contributed by atoms with Gasteiger partial charge in [0, 0.05) is 36.4 Å². The number of hydrogen-bond donors (Lipinski definition) is 1. The van der Waals surface area contributed by atoms with Crippen molar-refractivity contribution < 1.29 is 9.66 Å². The van der Waals surface area contributed by atoms with E-state index in [-0.39, 0.29) is 10.6 Å². The highest BCUT2D eigenvalue weighted by Crippen LogP contribution is 2.22. The molecular formula is C12H16N2O3. The van der Waals surface area contributed by atoms with Gasteiger partial charge in [-0.3, -0.25) is 10.1 Å². The standard InChI is InChI=1S/C12H16N2O3/c1-9-6-11(2-3-12(9)14(15)16)13-7-10-4-5-17-8-10/h2-3,6,10,13H,4-5,7-8H2,1H3. The Kier molecular flexibility index (Phi) is 3.58. The van der Waals surface area contributed by atoms with Crippen molar-refractivity contribution in [3.8, 4) is 0 Å². The van der Waals surface area contributed by atoms with Crippen molar-refractivity contribution in [1.29, 1.82) is 0 Å². The van der Waals surface area contributed by atoms with E-state index in [1.54, 1.807) is 19.1 Å². The Morgan fingerprint density at radius 2 is 2.41 bits per heavy atom. The number of ether oxygens (including phenoxy) is 1. The molecule has 0 spiro atoms. The minimum absolute atomic E-state index is 0.166. The summed E-state index contributed by atoms with van der Waals surface area (Å²) in [6.07, 6.45) is 1.08. The van der Waals surface area contributed by atoms with E-state index in [1.807, 2.05) is 6.07 Å². The fourth-order valence-electron chi connectivity index (χ4n) is 1.98. The average Bonchev–Trinajstić information content (AvgIpc) is 2.78. The molecule has 1 aliphatic heterocycles. The molecule has 0 saturated carbocycles. The van der Waals surface area contributed by atoms with Gasteiger partial charge in [-0.2, -0.15) is 0 Å². The smallest absolute Gasteiger partial charge is 0.272 e. The van der Waals surface area contributed by atoms with Gasteiger partial charge in [0.25, 0.3) is 5.69 Å². The zero-order chi connectivity index (χ0) is 12.3. The molecule has 5 heteroatoms. The predicted octanol–water partition coefficient (Wildman–Crippen LogP) is 2.35. The molecule has 0 radical (unpaired) electrons. The van der Waals surface area contributed by atoms with Gasteiger partial charge in [-0.05, 0) is 25.5 Å². The number of anilines is 1. The molecule has 0 bridgehead atoms. The maximum Gasteiger partial charge on any atom is 0.272 e. The van der Waals surface area contributed by atoms with Gasteiger partial charge in [0.05, 0.1) is 11.5 Å². The fraction of sp³-hybridized carbons (Fsp3) is 0.500. The third-order valence-corrected chi connectivity index (χ3v) is 3.01. The first-order valence-corrected chi connectivity index (χ1v) is 5.73. The van der Waals surface area contributed by atoms with Crippen LogP contribution in [-0.2, 0) is 4.74 Å². The summed E-state index contributed by atoms with van der Waals surface area (Å²) in [6, 6.07) is 5.11. The Labute approximate surface area is 99.9 Å². The lowest BCUT2D eigenvalue weighted by molar-refractivity contribution is -0.385. The lowest BCUT2D eigenvalue weighted by Gasteiger charge is -2.11. The maximum atomic E-state index is 10.7. The molecule has 1 atom stereocenters. The second kappa shape index (κ2) is 5.14. The zero-order valence-corrected chi connectivity index (χ0v) is 9.81. The Hall–Kier alpha value is -1.62. The van der Waals surface area contributed by atoms with E-state index >= 15 is 0 Å². The number of aryl methyl sites for hydroxylation is 1. The predicted molar refractivity (Wildman–Crippen MR) is 65.2 cm³/mol. The van der Waals surface area contributed by atoms with E-state index in [2.05, 4.69) is 5.32 Å². The van der Waals surface area contributed by atoms with E-state index < -0.39 is 0 Å². The molecule has 92 valence electrons. The number of nitro groups is 1. The second-order valence-corrected chi connectivity index (χ2v) is 4.37. The number of nitrogens with zero attached hydrogens (tertiary/aromatic N) is 1. The largest absolute Gasteiger partial charge is 0.385 e. The molecule has 1 N–H and O–H groups in total. The molecule has 17 heavy (non-hydrogen) atoms. The molecule has 1 saturated heterocycles. The number of benzene rings is 1. The summed E-state index contributed by atoms with van der Waals surface area (Å²) in [5.74, 6) is 0.547. The van der Waals surface area contributed by atoms with Crippen molar-refractivity contribution in [1.82, 2.24) is 0 Å². The highest BCUT2D eigenvalue weighted by atomic mass is 16.6. The van der Waals surface area contributed by atoms with Crippen LogP contribution in [0.4, 0.5) is 11.4 Å². The molecule has 1 aliphatic rings. The van der Waals surface area contributed by atoms with Crippen LogP contribution in [-0.4, -0.2) is 24.7 Å². The highest BCUT2D eigenvalue weighted by Gasteiger charge is 2.15. The van der Waals surface area contributed by atoms with Gasteiger partial charge in [-0.25, -0.2) is 0 Å². The summed E-state index contributed by atoms with van der Waals surface area (Å²) < 4.78 is 5.29. The minimum Gasteiger partial charge on any atom is -0.385 e. The Morgan fingerprint density at radius 1 is 1.59 bits per heavy atom. The van der Waals surface area contributed by atoms with E-state index in [0.29, 0.717) is 11.5 Å². The molecule has 0 aliphatic carbocycles. The van der Waals surface area contributed by atoms with E-state index in [1.165, 1.54) is 0 Å². The topological polar surface area (TPSA) is 64.4 Å². The third-order valence-electron chi connectivity index (χ3n) is 3.01. The van der Waals surface area contributed by atoms with Crippen molar-refractivity contribution in [3.05, 3.63) is 33.9 Å². The van der Waals surface area contributed by atoms with Gasteiger partial charge in [-0.15, -0.1) is 0 Å². The zero-order valence-electron chi connectivity index (χ0n) is 9.81. The molecule has 1 fully saturated rings. The highest BCUT2D eigenvalue weighted by molar-refractivity contribution is 5.53. The van der Waals surface area contributed by atoms with Crippen LogP contribution in [0.3, 0.4) is 0 Å². The normalized spacial score (nSPS) is 19.2. The van der Waals surface area contributed by atoms with E-state index in [4.69, 9.17) is 4.74 Å². The summed E-state index contributed by atoms with van der Waals surface area (Å²) in [5.41, 5.74) is 1.78.